The molecule has 1 atom stereocenters. The Morgan fingerprint density at radius 3 is 2.62 bits per heavy atom. The van der Waals surface area contributed by atoms with E-state index in [-0.39, 0.29) is 17.6 Å². The fourth-order valence-electron chi connectivity index (χ4n) is 2.05. The minimum atomic E-state index is -0.829. The van der Waals surface area contributed by atoms with Crippen LogP contribution in [-0.2, 0) is 9.53 Å². The molecule has 0 spiro atoms. The molecule has 0 saturated heterocycles. The van der Waals surface area contributed by atoms with E-state index in [2.05, 4.69) is 10.3 Å². The van der Waals surface area contributed by atoms with Crippen molar-refractivity contribution < 1.29 is 19.1 Å². The number of nitrogens with one attached hydrogen (secondary N) is 1. The molecule has 1 heterocycles. The maximum Gasteiger partial charge on any atom is 0.358 e. The molecule has 126 valence electrons. The number of benzene rings is 1. The molecule has 0 bridgehead atoms. The number of nitrogens with zero attached hydrogens (tertiary/aromatic N) is 1. The van der Waals surface area contributed by atoms with E-state index in [1.165, 1.54) is 11.3 Å². The van der Waals surface area contributed by atoms with Crippen LogP contribution in [0.5, 0.6) is 5.75 Å². The van der Waals surface area contributed by atoms with E-state index in [0.29, 0.717) is 5.01 Å². The molecule has 0 aliphatic heterocycles. The average Bonchev–Trinajstić information content (AvgIpc) is 3.26. The second-order valence-electron chi connectivity index (χ2n) is 5.60. The van der Waals surface area contributed by atoms with Crippen LogP contribution in [-0.4, -0.2) is 36.1 Å². The molecule has 24 heavy (non-hydrogen) atoms. The number of thiazole rings is 1. The largest absolute Gasteiger partial charge is 0.497 e. The van der Waals surface area contributed by atoms with Crippen LogP contribution in [0.4, 0.5) is 0 Å². The predicted octanol–water partition coefficient (Wildman–Crippen LogP) is 2.64. The van der Waals surface area contributed by atoms with Crippen molar-refractivity contribution in [3.05, 3.63) is 35.3 Å². The number of esters is 1. The number of carbonyl (C=O) groups is 2. The Morgan fingerprint density at radius 2 is 2.00 bits per heavy atom. The van der Waals surface area contributed by atoms with Gasteiger partial charge in [0.2, 0.25) is 0 Å². The Kier molecular flexibility index (Phi) is 4.80. The first kappa shape index (κ1) is 16.4. The fraction of sp³-hybridized carbons (Fsp3) is 0.353. The monoisotopic (exact) mass is 346 g/mol. The van der Waals surface area contributed by atoms with Gasteiger partial charge in [0.1, 0.15) is 10.8 Å². The molecule has 3 rings (SSSR count). The van der Waals surface area contributed by atoms with Crippen molar-refractivity contribution >= 4 is 23.2 Å². The SMILES string of the molecule is COc1ccc(-c2nc(C(=O)O[C@H](C)C(=O)NC3CC3)cs2)cc1. The summed E-state index contributed by atoms with van der Waals surface area (Å²) in [7, 11) is 1.60. The zero-order valence-corrected chi connectivity index (χ0v) is 14.3. The highest BCUT2D eigenvalue weighted by atomic mass is 32.1. The maximum atomic E-state index is 12.1. The quantitative estimate of drug-likeness (QED) is 0.814. The van der Waals surface area contributed by atoms with Crippen molar-refractivity contribution in [2.24, 2.45) is 0 Å². The first-order valence-corrected chi connectivity index (χ1v) is 8.56. The number of amides is 1. The van der Waals surface area contributed by atoms with Gasteiger partial charge in [-0.25, -0.2) is 9.78 Å². The molecule has 0 unspecified atom stereocenters. The summed E-state index contributed by atoms with van der Waals surface area (Å²) in [4.78, 5) is 28.3. The third-order valence-corrected chi connectivity index (χ3v) is 4.52. The first-order valence-electron chi connectivity index (χ1n) is 7.68. The van der Waals surface area contributed by atoms with E-state index >= 15 is 0 Å². The van der Waals surface area contributed by atoms with E-state index in [4.69, 9.17) is 9.47 Å². The van der Waals surface area contributed by atoms with Crippen molar-refractivity contribution in [3.63, 3.8) is 0 Å². The molecule has 1 amide bonds. The Morgan fingerprint density at radius 1 is 1.29 bits per heavy atom. The lowest BCUT2D eigenvalue weighted by molar-refractivity contribution is -0.129. The van der Waals surface area contributed by atoms with Gasteiger partial charge in [-0.1, -0.05) is 0 Å². The van der Waals surface area contributed by atoms with Crippen LogP contribution in [0.1, 0.15) is 30.3 Å². The van der Waals surface area contributed by atoms with Crippen molar-refractivity contribution in [1.82, 2.24) is 10.3 Å². The second-order valence-corrected chi connectivity index (χ2v) is 6.45. The summed E-state index contributed by atoms with van der Waals surface area (Å²) < 4.78 is 10.3. The molecule has 0 radical (unpaired) electrons. The van der Waals surface area contributed by atoms with Crippen molar-refractivity contribution in [3.8, 4) is 16.3 Å². The van der Waals surface area contributed by atoms with Gasteiger partial charge < -0.3 is 14.8 Å². The lowest BCUT2D eigenvalue weighted by Gasteiger charge is -2.12. The number of hydrogen-bond acceptors (Lipinski definition) is 6. The molecule has 1 aliphatic carbocycles. The molecular weight excluding hydrogens is 328 g/mol. The molecule has 7 heteroatoms. The molecule has 1 aromatic carbocycles. The van der Waals surface area contributed by atoms with Crippen LogP contribution < -0.4 is 10.1 Å². The minimum absolute atomic E-state index is 0.205. The van der Waals surface area contributed by atoms with Crippen molar-refractivity contribution in [2.45, 2.75) is 31.9 Å². The second kappa shape index (κ2) is 7.00. The van der Waals surface area contributed by atoms with E-state index < -0.39 is 12.1 Å². The average molecular weight is 346 g/mol. The molecular formula is C17H18N2O4S. The number of carbonyl (C=O) groups excluding carboxylic acids is 2. The van der Waals surface area contributed by atoms with Gasteiger partial charge in [0.25, 0.3) is 5.91 Å². The van der Waals surface area contributed by atoms with Gasteiger partial charge in [0, 0.05) is 17.0 Å². The lowest BCUT2D eigenvalue weighted by atomic mass is 10.2. The van der Waals surface area contributed by atoms with Gasteiger partial charge in [0.15, 0.2) is 11.8 Å². The standard InChI is InChI=1S/C17H18N2O4S/c1-10(15(20)18-12-5-6-12)23-17(21)14-9-24-16(19-14)11-3-7-13(22-2)8-4-11/h3-4,7-10,12H,5-6H2,1-2H3,(H,18,20)/t10-/m1/s1. The molecule has 1 aromatic heterocycles. The van der Waals surface area contributed by atoms with Crippen LogP contribution in [0.15, 0.2) is 29.6 Å². The van der Waals surface area contributed by atoms with Gasteiger partial charge in [-0.2, -0.15) is 0 Å². The molecule has 1 saturated carbocycles. The zero-order valence-electron chi connectivity index (χ0n) is 13.4. The summed E-state index contributed by atoms with van der Waals surface area (Å²) >= 11 is 1.35. The summed E-state index contributed by atoms with van der Waals surface area (Å²) in [6.07, 6.45) is 1.15. The van der Waals surface area contributed by atoms with E-state index in [0.717, 1.165) is 24.2 Å². The Hall–Kier alpha value is -2.41. The van der Waals surface area contributed by atoms with Gasteiger partial charge in [-0.3, -0.25) is 4.79 Å². The van der Waals surface area contributed by atoms with Gasteiger partial charge in [-0.15, -0.1) is 11.3 Å². The Labute approximate surface area is 143 Å². The number of aromatic nitrogens is 1. The fourth-order valence-corrected chi connectivity index (χ4v) is 2.85. The van der Waals surface area contributed by atoms with Crippen LogP contribution in [0.2, 0.25) is 0 Å². The normalized spacial score (nSPS) is 14.8. The Balaban J connectivity index is 1.63. The molecule has 1 fully saturated rings. The summed E-state index contributed by atoms with van der Waals surface area (Å²) in [5, 5.41) is 5.15. The van der Waals surface area contributed by atoms with Gasteiger partial charge in [-0.05, 0) is 44.0 Å². The molecule has 1 N–H and O–H groups in total. The van der Waals surface area contributed by atoms with E-state index in [9.17, 15) is 9.59 Å². The zero-order chi connectivity index (χ0) is 17.1. The minimum Gasteiger partial charge on any atom is -0.497 e. The third-order valence-electron chi connectivity index (χ3n) is 3.63. The summed E-state index contributed by atoms with van der Waals surface area (Å²) in [6, 6.07) is 7.65. The van der Waals surface area contributed by atoms with E-state index in [1.54, 1.807) is 19.4 Å². The van der Waals surface area contributed by atoms with Gasteiger partial charge >= 0.3 is 5.97 Å². The van der Waals surface area contributed by atoms with Crippen LogP contribution in [0.3, 0.4) is 0 Å². The van der Waals surface area contributed by atoms with Crippen molar-refractivity contribution in [1.29, 1.82) is 0 Å². The highest BCUT2D eigenvalue weighted by Gasteiger charge is 2.27. The first-order chi connectivity index (χ1) is 11.6. The number of methoxy groups -OCH3 is 1. The predicted molar refractivity (Wildman–Crippen MR) is 90.1 cm³/mol. The summed E-state index contributed by atoms with van der Waals surface area (Å²) in [5.74, 6) is -0.105. The number of ether oxygens (including phenoxy) is 2. The number of rotatable bonds is 6. The topological polar surface area (TPSA) is 77.5 Å². The highest BCUT2D eigenvalue weighted by Crippen LogP contribution is 2.26. The molecule has 1 aliphatic rings. The number of hydrogen-bond donors (Lipinski definition) is 1. The Bertz CT molecular complexity index is 737. The van der Waals surface area contributed by atoms with Crippen LogP contribution >= 0.6 is 11.3 Å². The lowest BCUT2D eigenvalue weighted by Crippen LogP contribution is -2.37. The van der Waals surface area contributed by atoms with Crippen molar-refractivity contribution in [2.75, 3.05) is 7.11 Å². The summed E-state index contributed by atoms with van der Waals surface area (Å²) in [5.41, 5.74) is 1.09. The van der Waals surface area contributed by atoms with Crippen LogP contribution in [0.25, 0.3) is 10.6 Å². The summed E-state index contributed by atoms with van der Waals surface area (Å²) in [6.45, 7) is 1.56. The van der Waals surface area contributed by atoms with Crippen LogP contribution in [0, 0.1) is 0 Å². The maximum absolute atomic E-state index is 12.1. The van der Waals surface area contributed by atoms with Gasteiger partial charge in [0.05, 0.1) is 7.11 Å². The smallest absolute Gasteiger partial charge is 0.358 e. The highest BCUT2D eigenvalue weighted by molar-refractivity contribution is 7.13. The molecule has 2 aromatic rings. The molecule has 6 nitrogen and oxygen atoms in total. The van der Waals surface area contributed by atoms with E-state index in [1.807, 2.05) is 24.3 Å². The third kappa shape index (κ3) is 3.91.